The predicted octanol–water partition coefficient (Wildman–Crippen LogP) is -0.486. The number of carbonyl (C=O) groups excluding carboxylic acids is 1. The molecule has 1 rings (SSSR count). The average Bonchev–Trinajstić information content (AvgIpc) is 1.88. The first-order chi connectivity index (χ1) is 4.79. The van der Waals surface area contributed by atoms with Crippen molar-refractivity contribution < 1.29 is 52.1 Å². The van der Waals surface area contributed by atoms with Gasteiger partial charge in [0.1, 0.15) is 0 Å². The summed E-state index contributed by atoms with van der Waals surface area (Å²) in [6.45, 7) is 0. The van der Waals surface area contributed by atoms with Gasteiger partial charge in [0.25, 0.3) is 5.82 Å². The number of hydrogen-bond donors (Lipinski definition) is 2. The van der Waals surface area contributed by atoms with Crippen LogP contribution in [0.5, 0.6) is 0 Å². The first-order valence-corrected chi connectivity index (χ1v) is 2.82. The molecule has 0 atom stereocenters. The summed E-state index contributed by atoms with van der Waals surface area (Å²) in [5, 5.41) is 2.39. The molecule has 0 aliphatic carbocycles. The molecule has 0 bridgehead atoms. The van der Waals surface area contributed by atoms with E-state index in [9.17, 15) is 4.79 Å². The number of hydrogen-bond acceptors (Lipinski definition) is 1. The van der Waals surface area contributed by atoms with Gasteiger partial charge in [-0.15, -0.1) is 0 Å². The topological polar surface area (TPSA) is 183 Å². The normalized spacial score (nSPS) is 5.87. The number of nitrogens with one attached hydrogen (secondary N) is 2. The van der Waals surface area contributed by atoms with Gasteiger partial charge in [0.05, 0.1) is 6.20 Å². The van der Waals surface area contributed by atoms with Crippen LogP contribution in [0.2, 0.25) is 0 Å². The number of aromatic nitrogens is 1. The smallest absolute Gasteiger partial charge is 0.404 e. The van der Waals surface area contributed by atoms with E-state index in [1.165, 1.54) is 0 Å². The molecule has 1 radical (unpaired) electrons. The standard InChI is InChI=1S/C6H7N3O.4O.Re/c7-6(10)9-5-3-1-2-4-8-5;;;;;/h1-4H,(H3,7,8,9,10);;;;;/q;4*-2;/p+1. The molecule has 1 aromatic heterocycles. The van der Waals surface area contributed by atoms with E-state index < -0.39 is 6.03 Å². The number of pyridine rings is 1. The maximum absolute atomic E-state index is 10.3. The Morgan fingerprint density at radius 3 is 2.07 bits per heavy atom. The van der Waals surface area contributed by atoms with Crippen LogP contribution in [0.1, 0.15) is 0 Å². The zero-order valence-electron chi connectivity index (χ0n) is 7.31. The summed E-state index contributed by atoms with van der Waals surface area (Å²) in [5.74, 6) is 0.593. The fourth-order valence-electron chi connectivity index (χ4n) is 0.604. The number of urea groups is 1. The van der Waals surface area contributed by atoms with E-state index in [-0.39, 0.29) is 42.3 Å². The predicted molar refractivity (Wildman–Crippen MR) is 38.9 cm³/mol. The third-order valence-corrected chi connectivity index (χ3v) is 0.967. The van der Waals surface area contributed by atoms with Crippen LogP contribution < -0.4 is 16.0 Å². The monoisotopic (exact) mass is 389 g/mol. The van der Waals surface area contributed by atoms with Crippen LogP contribution in [0.15, 0.2) is 24.4 Å². The minimum absolute atomic E-state index is 0. The summed E-state index contributed by atoms with van der Waals surface area (Å²) in [5.41, 5.74) is 4.85. The van der Waals surface area contributed by atoms with Crippen molar-refractivity contribution in [3.63, 3.8) is 0 Å². The fourth-order valence-corrected chi connectivity index (χ4v) is 0.604. The van der Waals surface area contributed by atoms with Crippen LogP contribution in [0, 0.1) is 0 Å². The van der Waals surface area contributed by atoms with E-state index in [1.807, 2.05) is 6.07 Å². The maximum Gasteiger partial charge on any atom is 0.404 e. The van der Waals surface area contributed by atoms with Crippen LogP contribution in [0.3, 0.4) is 0 Å². The van der Waals surface area contributed by atoms with E-state index >= 15 is 0 Å². The molecule has 91 valence electrons. The van der Waals surface area contributed by atoms with Crippen molar-refractivity contribution in [1.82, 2.24) is 0 Å². The minimum Gasteiger partial charge on any atom is -2.00 e. The van der Waals surface area contributed by atoms with Crippen molar-refractivity contribution in [3.05, 3.63) is 24.4 Å². The van der Waals surface area contributed by atoms with Crippen molar-refractivity contribution in [3.8, 4) is 0 Å². The second-order valence-corrected chi connectivity index (χ2v) is 1.77. The summed E-state index contributed by atoms with van der Waals surface area (Å²) in [6, 6.07) is 4.75. The zero-order valence-corrected chi connectivity index (χ0v) is 10.0. The molecule has 2 amide bonds. The molecule has 8 nitrogen and oxygen atoms in total. The van der Waals surface area contributed by atoms with E-state index in [2.05, 4.69) is 10.3 Å². The Bertz CT molecular complexity index is 235. The number of aromatic amines is 1. The van der Waals surface area contributed by atoms with Gasteiger partial charge >= 0.3 is 6.03 Å². The van der Waals surface area contributed by atoms with E-state index in [1.54, 1.807) is 18.3 Å². The van der Waals surface area contributed by atoms with Gasteiger partial charge in [-0.3, -0.25) is 0 Å². The Morgan fingerprint density at radius 2 is 1.73 bits per heavy atom. The second kappa shape index (κ2) is 15.4. The van der Waals surface area contributed by atoms with Crippen LogP contribution >= 0.6 is 0 Å². The van der Waals surface area contributed by atoms with Crippen molar-refractivity contribution in [2.24, 2.45) is 5.73 Å². The Kier molecular flexibility index (Phi) is 30.0. The summed E-state index contributed by atoms with van der Waals surface area (Å²) in [6.07, 6.45) is 1.70. The molecular formula is C6H8N3O5Re-7. The van der Waals surface area contributed by atoms with Crippen molar-refractivity contribution in [1.29, 1.82) is 0 Å². The number of rotatable bonds is 1. The van der Waals surface area contributed by atoms with Gasteiger partial charge in [-0.25, -0.2) is 9.78 Å². The first kappa shape index (κ1) is 29.2. The number of carbonyl (C=O) groups is 1. The molecular weight excluding hydrogens is 380 g/mol. The van der Waals surface area contributed by atoms with Gasteiger partial charge in [-0.05, 0) is 6.07 Å². The van der Waals surface area contributed by atoms with Crippen LogP contribution in [-0.4, -0.2) is 6.03 Å². The first-order valence-electron chi connectivity index (χ1n) is 2.82. The zero-order chi connectivity index (χ0) is 7.40. The minimum atomic E-state index is -0.567. The van der Waals surface area contributed by atoms with Crippen LogP contribution in [-0.2, 0) is 42.3 Å². The number of primary amides is 1. The molecule has 0 aromatic carbocycles. The maximum atomic E-state index is 10.3. The third kappa shape index (κ3) is 12.9. The Balaban J connectivity index is -0.0000000667. The fraction of sp³-hybridized carbons (Fsp3) is 0. The van der Waals surface area contributed by atoms with Gasteiger partial charge < -0.3 is 27.6 Å². The molecule has 0 saturated heterocycles. The largest absolute Gasteiger partial charge is 2.00 e. The van der Waals surface area contributed by atoms with Crippen molar-refractivity contribution >= 4 is 11.8 Å². The summed E-state index contributed by atoms with van der Waals surface area (Å²) < 4.78 is 0. The van der Waals surface area contributed by atoms with E-state index in [4.69, 9.17) is 5.73 Å². The van der Waals surface area contributed by atoms with Gasteiger partial charge in [-0.2, -0.15) is 5.32 Å². The Hall–Kier alpha value is -1.08. The average molecular weight is 388 g/mol. The molecule has 0 aliphatic heterocycles. The molecule has 0 spiro atoms. The van der Waals surface area contributed by atoms with Gasteiger partial charge in [0.2, 0.25) is 0 Å². The molecule has 0 aliphatic rings. The number of anilines is 1. The third-order valence-electron chi connectivity index (χ3n) is 0.967. The number of amides is 2. The van der Waals surface area contributed by atoms with Gasteiger partial charge in [0.15, 0.2) is 0 Å². The van der Waals surface area contributed by atoms with Gasteiger partial charge in [0, 0.05) is 26.5 Å². The molecule has 1 aromatic rings. The quantitative estimate of drug-likeness (QED) is 0.647. The molecule has 1 heterocycles. The van der Waals surface area contributed by atoms with Crippen molar-refractivity contribution in [2.45, 2.75) is 0 Å². The molecule has 9 heteroatoms. The molecule has 0 saturated carbocycles. The Morgan fingerprint density at radius 1 is 1.20 bits per heavy atom. The van der Waals surface area contributed by atoms with Crippen LogP contribution in [0.4, 0.5) is 10.6 Å². The summed E-state index contributed by atoms with van der Waals surface area (Å²) in [7, 11) is 0. The van der Waals surface area contributed by atoms with Gasteiger partial charge in [-0.1, -0.05) is 6.07 Å². The molecule has 0 fully saturated rings. The number of H-pyrrole nitrogens is 1. The number of nitrogens with two attached hydrogens (primary N) is 1. The molecule has 4 N–H and O–H groups in total. The van der Waals surface area contributed by atoms with E-state index in [0.29, 0.717) is 5.82 Å². The molecule has 15 heavy (non-hydrogen) atoms. The summed E-state index contributed by atoms with van der Waals surface area (Å²) >= 11 is 0. The van der Waals surface area contributed by atoms with Crippen LogP contribution in [0.25, 0.3) is 0 Å². The van der Waals surface area contributed by atoms with E-state index in [0.717, 1.165) is 0 Å². The summed E-state index contributed by atoms with van der Waals surface area (Å²) in [4.78, 5) is 13.0. The Labute approximate surface area is 99.8 Å². The van der Waals surface area contributed by atoms with Crippen molar-refractivity contribution in [2.75, 3.05) is 5.32 Å². The SMILES string of the molecule is NC(=O)Nc1cccc[nH+]1.[O-2].[O-2].[O-2].[O-2].[Re]. The molecule has 0 unspecified atom stereocenters. The second-order valence-electron chi connectivity index (χ2n) is 1.77.